The van der Waals surface area contributed by atoms with Crippen LogP contribution in [0, 0.1) is 0 Å². The minimum atomic E-state index is -0.566. The van der Waals surface area contributed by atoms with Crippen molar-refractivity contribution in [2.24, 2.45) is 0 Å². The Balaban J connectivity index is 1.45. The van der Waals surface area contributed by atoms with Crippen molar-refractivity contribution >= 4 is 35.0 Å². The van der Waals surface area contributed by atoms with E-state index in [1.807, 2.05) is 24.3 Å². The van der Waals surface area contributed by atoms with Gasteiger partial charge in [0.1, 0.15) is 19.7 Å². The van der Waals surface area contributed by atoms with Crippen LogP contribution in [0.1, 0.15) is 17.4 Å². The van der Waals surface area contributed by atoms with Crippen molar-refractivity contribution in [3.63, 3.8) is 0 Å². The molecule has 0 aliphatic carbocycles. The van der Waals surface area contributed by atoms with Crippen LogP contribution in [0.3, 0.4) is 0 Å². The Labute approximate surface area is 195 Å². The molecule has 1 atom stereocenters. The van der Waals surface area contributed by atoms with E-state index in [-0.39, 0.29) is 12.6 Å². The smallest absolute Gasteiger partial charge is 0.411 e. The Hall–Kier alpha value is -2.72. The number of hydrogen-bond donors (Lipinski definition) is 2. The Bertz CT molecular complexity index is 1040. The van der Waals surface area contributed by atoms with Crippen LogP contribution in [0.25, 0.3) is 0 Å². The van der Waals surface area contributed by atoms with Gasteiger partial charge < -0.3 is 14.4 Å². The first kappa shape index (κ1) is 22.5. The van der Waals surface area contributed by atoms with Gasteiger partial charge in [0.25, 0.3) is 0 Å². The highest BCUT2D eigenvalue weighted by Crippen LogP contribution is 2.25. The molecule has 0 spiro atoms. The minimum absolute atomic E-state index is 0.102. The molecule has 4 rings (SSSR count). The molecule has 1 aliphatic heterocycles. The maximum atomic E-state index is 12.1. The number of nitrogens with one attached hydrogen (secondary N) is 2. The lowest BCUT2D eigenvalue weighted by Gasteiger charge is -2.31. The molecule has 9 nitrogen and oxygen atoms in total. The van der Waals surface area contributed by atoms with E-state index >= 15 is 0 Å². The number of hydrogen-bond acceptors (Lipinski definition) is 6. The fraction of sp³-hybridized carbons (Fsp3) is 0.333. The van der Waals surface area contributed by atoms with Crippen molar-refractivity contribution in [1.29, 1.82) is 0 Å². The molecule has 2 heterocycles. The lowest BCUT2D eigenvalue weighted by atomic mass is 10.0. The Morgan fingerprint density at radius 1 is 1.16 bits per heavy atom. The maximum absolute atomic E-state index is 12.1. The molecule has 1 aromatic heterocycles. The topological polar surface area (TPSA) is 95.6 Å². The van der Waals surface area contributed by atoms with Gasteiger partial charge in [0.15, 0.2) is 6.04 Å². The number of morpholine rings is 1. The van der Waals surface area contributed by atoms with E-state index in [0.29, 0.717) is 41.3 Å². The summed E-state index contributed by atoms with van der Waals surface area (Å²) in [6.45, 7) is 3.34. The number of anilines is 1. The molecular formula is C21H23Cl2N6O3+. The van der Waals surface area contributed by atoms with Crippen molar-refractivity contribution in [2.45, 2.75) is 12.6 Å². The molecule has 0 bridgehead atoms. The van der Waals surface area contributed by atoms with Gasteiger partial charge in [0.05, 0.1) is 24.8 Å². The summed E-state index contributed by atoms with van der Waals surface area (Å²) in [7, 11) is 0. The van der Waals surface area contributed by atoms with Gasteiger partial charge in [0, 0.05) is 16.3 Å². The average molecular weight is 478 g/mol. The third kappa shape index (κ3) is 5.55. The average Bonchev–Trinajstić information content (AvgIpc) is 3.26. The molecule has 3 aromatic rings. The standard InChI is InChI=1S/C21H22Cl2N6O3/c22-15-5-7-16(8-6-15)24-21(30)32-14-11-29-20(25-26-27-29)19(28-9-12-31-13-10-28)17-3-1-2-4-18(17)23/h1-8,19H,9-14H2,(H,24,30)/p+1/t19-/m0/s1. The van der Waals surface area contributed by atoms with Gasteiger partial charge in [-0.2, -0.15) is 0 Å². The summed E-state index contributed by atoms with van der Waals surface area (Å²) in [4.78, 5) is 13.4. The summed E-state index contributed by atoms with van der Waals surface area (Å²) in [5, 5.41) is 16.2. The van der Waals surface area contributed by atoms with Gasteiger partial charge in [-0.05, 0) is 40.8 Å². The Morgan fingerprint density at radius 2 is 1.91 bits per heavy atom. The minimum Gasteiger partial charge on any atom is -0.447 e. The van der Waals surface area contributed by atoms with Gasteiger partial charge in [-0.15, -0.1) is 5.10 Å². The molecule has 2 aromatic carbocycles. The molecule has 0 saturated carbocycles. The van der Waals surface area contributed by atoms with Crippen molar-refractivity contribution in [2.75, 3.05) is 38.2 Å². The van der Waals surface area contributed by atoms with Crippen LogP contribution >= 0.6 is 23.2 Å². The van der Waals surface area contributed by atoms with Crippen molar-refractivity contribution < 1.29 is 19.2 Å². The van der Waals surface area contributed by atoms with Crippen LogP contribution in [0.15, 0.2) is 48.5 Å². The van der Waals surface area contributed by atoms with Gasteiger partial charge in [-0.1, -0.05) is 41.4 Å². The Kier molecular flexibility index (Phi) is 7.54. The first-order valence-electron chi connectivity index (χ1n) is 10.2. The summed E-state index contributed by atoms with van der Waals surface area (Å²) < 4.78 is 12.5. The van der Waals surface area contributed by atoms with Crippen LogP contribution in [0.2, 0.25) is 10.0 Å². The number of halogens is 2. The number of quaternary nitrogens is 1. The molecule has 2 N–H and O–H groups in total. The molecule has 1 saturated heterocycles. The van der Waals surface area contributed by atoms with Gasteiger partial charge >= 0.3 is 6.09 Å². The van der Waals surface area contributed by atoms with E-state index in [4.69, 9.17) is 32.7 Å². The monoisotopic (exact) mass is 477 g/mol. The van der Waals surface area contributed by atoms with Crippen molar-refractivity contribution in [1.82, 2.24) is 20.2 Å². The van der Waals surface area contributed by atoms with Crippen LogP contribution in [-0.4, -0.2) is 59.2 Å². The zero-order valence-corrected chi connectivity index (χ0v) is 18.7. The second-order valence-corrected chi connectivity index (χ2v) is 8.10. The largest absolute Gasteiger partial charge is 0.447 e. The van der Waals surface area contributed by atoms with Gasteiger partial charge in [-0.3, -0.25) is 5.32 Å². The van der Waals surface area contributed by atoms with Crippen LogP contribution < -0.4 is 10.2 Å². The van der Waals surface area contributed by atoms with E-state index in [0.717, 1.165) is 18.7 Å². The molecule has 1 aliphatic rings. The number of carbonyl (C=O) groups is 1. The number of amides is 1. The third-order valence-corrected chi connectivity index (χ3v) is 5.80. The van der Waals surface area contributed by atoms with E-state index in [2.05, 4.69) is 20.8 Å². The summed E-state index contributed by atoms with van der Waals surface area (Å²) in [6.07, 6.45) is -0.566. The fourth-order valence-electron chi connectivity index (χ4n) is 3.66. The van der Waals surface area contributed by atoms with Gasteiger partial charge in [-0.25, -0.2) is 9.48 Å². The number of nitrogens with zero attached hydrogens (tertiary/aromatic N) is 4. The molecule has 0 radical (unpaired) electrons. The number of carbonyl (C=O) groups excluding carboxylic acids is 1. The van der Waals surface area contributed by atoms with Crippen LogP contribution in [0.5, 0.6) is 0 Å². The molecule has 168 valence electrons. The lowest BCUT2D eigenvalue weighted by molar-refractivity contribution is -0.933. The first-order chi connectivity index (χ1) is 15.6. The zero-order chi connectivity index (χ0) is 22.3. The van der Waals surface area contributed by atoms with E-state index < -0.39 is 6.09 Å². The predicted molar refractivity (Wildman–Crippen MR) is 119 cm³/mol. The van der Waals surface area contributed by atoms with E-state index in [1.165, 1.54) is 4.90 Å². The lowest BCUT2D eigenvalue weighted by Crippen LogP contribution is -3.14. The van der Waals surface area contributed by atoms with Crippen LogP contribution in [-0.2, 0) is 16.0 Å². The Morgan fingerprint density at radius 3 is 2.66 bits per heavy atom. The first-order valence-corrected chi connectivity index (χ1v) is 11.0. The number of rotatable bonds is 7. The SMILES string of the molecule is O=C(Nc1ccc(Cl)cc1)OCCn1nnnc1[C@H](c1ccccc1Cl)[NH+]1CCOCC1. The zero-order valence-electron chi connectivity index (χ0n) is 17.2. The quantitative estimate of drug-likeness (QED) is 0.541. The molecule has 11 heteroatoms. The van der Waals surface area contributed by atoms with Crippen molar-refractivity contribution in [3.05, 3.63) is 70.0 Å². The third-order valence-electron chi connectivity index (χ3n) is 5.20. The second-order valence-electron chi connectivity index (χ2n) is 7.25. The number of benzene rings is 2. The van der Waals surface area contributed by atoms with E-state index in [9.17, 15) is 4.79 Å². The highest BCUT2D eigenvalue weighted by Gasteiger charge is 2.34. The fourth-order valence-corrected chi connectivity index (χ4v) is 4.03. The highest BCUT2D eigenvalue weighted by atomic mass is 35.5. The molecular weight excluding hydrogens is 455 g/mol. The summed E-state index contributed by atoms with van der Waals surface area (Å²) in [5.74, 6) is 0.664. The van der Waals surface area contributed by atoms with E-state index in [1.54, 1.807) is 28.9 Å². The van der Waals surface area contributed by atoms with Gasteiger partial charge in [0.2, 0.25) is 5.82 Å². The predicted octanol–water partition coefficient (Wildman–Crippen LogP) is 2.23. The summed E-state index contributed by atoms with van der Waals surface area (Å²) in [5.41, 5.74) is 1.54. The van der Waals surface area contributed by atoms with Crippen LogP contribution in [0.4, 0.5) is 10.5 Å². The van der Waals surface area contributed by atoms with Crippen molar-refractivity contribution in [3.8, 4) is 0 Å². The summed E-state index contributed by atoms with van der Waals surface area (Å²) >= 11 is 12.4. The maximum Gasteiger partial charge on any atom is 0.411 e. The molecule has 0 unspecified atom stereocenters. The molecule has 1 amide bonds. The number of tetrazole rings is 1. The highest BCUT2D eigenvalue weighted by molar-refractivity contribution is 6.31. The summed E-state index contributed by atoms with van der Waals surface area (Å²) in [6, 6.07) is 14.3. The normalized spacial score (nSPS) is 15.3. The number of ether oxygens (including phenoxy) is 2. The molecule has 32 heavy (non-hydrogen) atoms. The molecule has 1 fully saturated rings. The second kappa shape index (κ2) is 10.7. The number of aromatic nitrogens is 4.